The summed E-state index contributed by atoms with van der Waals surface area (Å²) in [5.74, 6) is -2.71. The van der Waals surface area contributed by atoms with Gasteiger partial charge in [0.05, 0.1) is 34.3 Å². The summed E-state index contributed by atoms with van der Waals surface area (Å²) >= 11 is 5.62. The molecule has 6 nitrogen and oxygen atoms in total. The molecule has 0 saturated heterocycles. The fourth-order valence-electron chi connectivity index (χ4n) is 3.94. The van der Waals surface area contributed by atoms with Gasteiger partial charge in [0.15, 0.2) is 10.4 Å². The molecule has 34 heavy (non-hydrogen) atoms. The number of rotatable bonds is 3. The Balaban J connectivity index is 1.98. The van der Waals surface area contributed by atoms with E-state index in [1.54, 1.807) is 19.1 Å². The van der Waals surface area contributed by atoms with Crippen LogP contribution in [0.2, 0.25) is 0 Å². The van der Waals surface area contributed by atoms with E-state index < -0.39 is 29.4 Å². The Labute approximate surface area is 196 Å². The molecule has 11 heteroatoms. The van der Waals surface area contributed by atoms with Crippen molar-refractivity contribution >= 4 is 35.0 Å². The van der Waals surface area contributed by atoms with Crippen molar-refractivity contribution in [3.05, 3.63) is 69.9 Å². The number of alkyl halides is 3. The zero-order valence-corrected chi connectivity index (χ0v) is 18.8. The Morgan fingerprint density at radius 3 is 2.65 bits per heavy atom. The molecule has 1 atom stereocenters. The van der Waals surface area contributed by atoms with Crippen LogP contribution in [0.1, 0.15) is 22.3 Å². The Morgan fingerprint density at radius 2 is 2.03 bits per heavy atom. The smallest absolute Gasteiger partial charge is 0.355 e. The van der Waals surface area contributed by atoms with Gasteiger partial charge < -0.3 is 5.32 Å². The van der Waals surface area contributed by atoms with Gasteiger partial charge >= 0.3 is 6.18 Å². The number of aryl methyl sites for hydroxylation is 1. The molecule has 1 aliphatic carbocycles. The standard InChI is InChI=1S/C23H17F4N5OS/c1-12-7-8-30-20-19(12)31(15-5-6-16(18(24)10-15)21(33)29-2)22(34)32(20)14-4-3-13(11-28)17(9-14)23(25,26)27/h4-10,13H,3H2,1-2H3,(H,29,33). The van der Waals surface area contributed by atoms with Crippen molar-refractivity contribution < 1.29 is 22.4 Å². The number of allylic oxidation sites excluding steroid dienone is 4. The maximum absolute atomic E-state index is 14.7. The lowest BCUT2D eigenvalue weighted by Gasteiger charge is -2.21. The summed E-state index contributed by atoms with van der Waals surface area (Å²) < 4.78 is 58.5. The van der Waals surface area contributed by atoms with Gasteiger partial charge in [-0.15, -0.1) is 0 Å². The molecule has 4 rings (SSSR count). The van der Waals surface area contributed by atoms with Gasteiger partial charge in [-0.1, -0.05) is 6.08 Å². The number of nitrogens with one attached hydrogen (secondary N) is 1. The van der Waals surface area contributed by atoms with Crippen molar-refractivity contribution in [1.82, 2.24) is 19.4 Å². The van der Waals surface area contributed by atoms with Gasteiger partial charge in [0, 0.05) is 18.9 Å². The van der Waals surface area contributed by atoms with Gasteiger partial charge in [-0.3, -0.25) is 13.9 Å². The van der Waals surface area contributed by atoms with Crippen LogP contribution in [0.5, 0.6) is 0 Å². The molecule has 174 valence electrons. The van der Waals surface area contributed by atoms with Crippen LogP contribution >= 0.6 is 12.2 Å². The third kappa shape index (κ3) is 3.80. The molecule has 1 aliphatic rings. The molecule has 1 unspecified atom stereocenters. The molecule has 0 bridgehead atoms. The van der Waals surface area contributed by atoms with Gasteiger partial charge in [0.1, 0.15) is 5.82 Å². The quantitative estimate of drug-likeness (QED) is 0.405. The van der Waals surface area contributed by atoms with Crippen molar-refractivity contribution in [3.8, 4) is 11.8 Å². The van der Waals surface area contributed by atoms with Crippen molar-refractivity contribution in [1.29, 1.82) is 5.26 Å². The van der Waals surface area contributed by atoms with Crippen molar-refractivity contribution in [3.63, 3.8) is 0 Å². The molecule has 0 spiro atoms. The normalized spacial score (nSPS) is 16.1. The van der Waals surface area contributed by atoms with E-state index >= 15 is 0 Å². The first-order valence-electron chi connectivity index (χ1n) is 10.1. The third-order valence-electron chi connectivity index (χ3n) is 5.59. The number of nitriles is 1. The van der Waals surface area contributed by atoms with Gasteiger partial charge in [-0.2, -0.15) is 18.4 Å². The lowest BCUT2D eigenvalue weighted by atomic mass is 9.91. The van der Waals surface area contributed by atoms with Crippen LogP contribution in [0.15, 0.2) is 48.2 Å². The molecule has 2 aromatic heterocycles. The number of aromatic nitrogens is 3. The summed E-state index contributed by atoms with van der Waals surface area (Å²) in [5, 5.41) is 11.5. The first-order chi connectivity index (χ1) is 16.1. The largest absolute Gasteiger partial charge is 0.414 e. The van der Waals surface area contributed by atoms with Crippen LogP contribution in [0.25, 0.3) is 22.5 Å². The molecule has 1 aromatic carbocycles. The summed E-state index contributed by atoms with van der Waals surface area (Å²) in [4.78, 5) is 16.2. The number of fused-ring (bicyclic) bond motifs is 1. The van der Waals surface area contributed by atoms with Crippen molar-refractivity contribution in [2.75, 3.05) is 7.05 Å². The summed E-state index contributed by atoms with van der Waals surface area (Å²) in [6.45, 7) is 1.77. The van der Waals surface area contributed by atoms with Crippen molar-refractivity contribution in [2.24, 2.45) is 5.92 Å². The molecule has 1 amide bonds. The molecule has 1 N–H and O–H groups in total. The number of hydrogen-bond acceptors (Lipinski definition) is 4. The van der Waals surface area contributed by atoms with E-state index in [1.807, 2.05) is 0 Å². The predicted octanol–water partition coefficient (Wildman–Crippen LogP) is 5.24. The fourth-order valence-corrected chi connectivity index (χ4v) is 4.33. The molecular formula is C23H17F4N5OS. The predicted molar refractivity (Wildman–Crippen MR) is 120 cm³/mol. The van der Waals surface area contributed by atoms with Crippen LogP contribution in [-0.2, 0) is 0 Å². The molecule has 2 heterocycles. The molecule has 0 saturated carbocycles. The number of carbonyl (C=O) groups excluding carboxylic acids is 1. The molecule has 0 radical (unpaired) electrons. The topological polar surface area (TPSA) is 75.6 Å². The summed E-state index contributed by atoms with van der Waals surface area (Å²) in [7, 11) is 1.38. The Kier molecular flexibility index (Phi) is 5.87. The van der Waals surface area contributed by atoms with Gasteiger partial charge in [0.25, 0.3) is 5.91 Å². The SMILES string of the molecule is CNC(=O)c1ccc(-n2c(=S)n(C3=CCC(C#N)C(C(F)(F)F)=C3)c3nccc(C)c32)cc1F. The van der Waals surface area contributed by atoms with E-state index in [1.165, 1.54) is 40.6 Å². The molecule has 0 aliphatic heterocycles. The van der Waals surface area contributed by atoms with E-state index in [-0.39, 0.29) is 33.8 Å². The second-order valence-electron chi connectivity index (χ2n) is 7.64. The fraction of sp³-hybridized carbons (Fsp3) is 0.217. The molecule has 0 fully saturated rings. The third-order valence-corrected chi connectivity index (χ3v) is 5.96. The maximum Gasteiger partial charge on any atom is 0.414 e. The number of halogens is 4. The minimum Gasteiger partial charge on any atom is -0.355 e. The monoisotopic (exact) mass is 487 g/mol. The van der Waals surface area contributed by atoms with Crippen LogP contribution in [0, 0.1) is 34.8 Å². The highest BCUT2D eigenvalue weighted by Gasteiger charge is 2.40. The van der Waals surface area contributed by atoms with E-state index in [9.17, 15) is 27.6 Å². The second-order valence-corrected chi connectivity index (χ2v) is 8.01. The maximum atomic E-state index is 14.7. The first-order valence-corrected chi connectivity index (χ1v) is 10.5. The summed E-state index contributed by atoms with van der Waals surface area (Å²) in [6, 6.07) is 7.32. The summed E-state index contributed by atoms with van der Waals surface area (Å²) in [5.41, 5.74) is 0.729. The zero-order chi connectivity index (χ0) is 24.8. The zero-order valence-electron chi connectivity index (χ0n) is 17.9. The van der Waals surface area contributed by atoms with E-state index in [2.05, 4.69) is 10.3 Å². The number of carbonyl (C=O) groups is 1. The van der Waals surface area contributed by atoms with E-state index in [0.717, 1.165) is 12.1 Å². The highest BCUT2D eigenvalue weighted by molar-refractivity contribution is 7.71. The Hall–Kier alpha value is -3.78. The minimum atomic E-state index is -4.69. The van der Waals surface area contributed by atoms with E-state index in [0.29, 0.717) is 11.1 Å². The van der Waals surface area contributed by atoms with Gasteiger partial charge in [-0.25, -0.2) is 9.37 Å². The number of hydrogen-bond donors (Lipinski definition) is 1. The number of pyridine rings is 1. The Bertz CT molecular complexity index is 1490. The van der Waals surface area contributed by atoms with Crippen LogP contribution in [0.4, 0.5) is 17.6 Å². The Morgan fingerprint density at radius 1 is 1.29 bits per heavy atom. The molecule has 3 aromatic rings. The first kappa shape index (κ1) is 23.4. The van der Waals surface area contributed by atoms with E-state index in [4.69, 9.17) is 12.2 Å². The van der Waals surface area contributed by atoms with Gasteiger partial charge in [-0.05, 0) is 61.5 Å². The highest BCUT2D eigenvalue weighted by Crippen LogP contribution is 2.39. The number of amides is 1. The van der Waals surface area contributed by atoms with Gasteiger partial charge in [0.2, 0.25) is 0 Å². The van der Waals surface area contributed by atoms with Crippen molar-refractivity contribution in [2.45, 2.75) is 19.5 Å². The lowest BCUT2D eigenvalue weighted by molar-refractivity contribution is -0.0969. The average Bonchev–Trinajstić information content (AvgIpc) is 3.10. The highest BCUT2D eigenvalue weighted by atomic mass is 32.1. The number of benzene rings is 1. The lowest BCUT2D eigenvalue weighted by Crippen LogP contribution is -2.22. The van der Waals surface area contributed by atoms with Crippen LogP contribution in [-0.4, -0.2) is 33.2 Å². The van der Waals surface area contributed by atoms with Crippen LogP contribution < -0.4 is 5.32 Å². The number of imidazole rings is 1. The van der Waals surface area contributed by atoms with Crippen LogP contribution in [0.3, 0.4) is 0 Å². The summed E-state index contributed by atoms with van der Waals surface area (Å²) in [6.07, 6.45) is -0.938. The average molecular weight is 487 g/mol. The number of nitrogens with zero attached hydrogens (tertiary/aromatic N) is 4. The minimum absolute atomic E-state index is 0.0586. The molecular weight excluding hydrogens is 470 g/mol. The second kappa shape index (κ2) is 8.53.